The molecule has 0 fully saturated rings. The highest BCUT2D eigenvalue weighted by Crippen LogP contribution is 2.09. The third-order valence-corrected chi connectivity index (χ3v) is 2.63. The van der Waals surface area contributed by atoms with Gasteiger partial charge in [-0.15, -0.1) is 5.10 Å². The average molecular weight is 248 g/mol. The number of pyridine rings is 1. The standard InChI is InChI=1S/C12H16N4O2/c1-3-9(2)13-11(17)8-18-12-15-14-10-6-4-5-7-16(10)12/h4-7,9H,3,8H2,1-2H3,(H,13,17)/t9-/m1/s1. The van der Waals surface area contributed by atoms with Crippen molar-refractivity contribution in [2.24, 2.45) is 0 Å². The Kier molecular flexibility index (Phi) is 3.76. The fourth-order valence-electron chi connectivity index (χ4n) is 1.47. The van der Waals surface area contributed by atoms with E-state index in [2.05, 4.69) is 15.5 Å². The van der Waals surface area contributed by atoms with Crippen LogP contribution in [0.5, 0.6) is 6.01 Å². The van der Waals surface area contributed by atoms with E-state index in [-0.39, 0.29) is 18.6 Å². The number of aromatic nitrogens is 3. The lowest BCUT2D eigenvalue weighted by Crippen LogP contribution is -2.35. The molecule has 1 atom stereocenters. The molecule has 0 radical (unpaired) electrons. The van der Waals surface area contributed by atoms with Crippen LogP contribution in [0.4, 0.5) is 0 Å². The summed E-state index contributed by atoms with van der Waals surface area (Å²) in [6, 6.07) is 6.01. The number of hydrogen-bond acceptors (Lipinski definition) is 4. The Hall–Kier alpha value is -2.11. The number of nitrogens with one attached hydrogen (secondary N) is 1. The smallest absolute Gasteiger partial charge is 0.322 e. The second-order valence-electron chi connectivity index (χ2n) is 4.08. The highest BCUT2D eigenvalue weighted by molar-refractivity contribution is 5.77. The van der Waals surface area contributed by atoms with Crippen LogP contribution >= 0.6 is 0 Å². The molecule has 2 heterocycles. The van der Waals surface area contributed by atoms with Crippen LogP contribution in [0.1, 0.15) is 20.3 Å². The number of hydrogen-bond donors (Lipinski definition) is 1. The fraction of sp³-hybridized carbons (Fsp3) is 0.417. The zero-order valence-electron chi connectivity index (χ0n) is 10.5. The van der Waals surface area contributed by atoms with E-state index < -0.39 is 0 Å². The van der Waals surface area contributed by atoms with Crippen molar-refractivity contribution in [3.05, 3.63) is 24.4 Å². The van der Waals surface area contributed by atoms with Crippen molar-refractivity contribution in [3.63, 3.8) is 0 Å². The Morgan fingerprint density at radius 1 is 1.50 bits per heavy atom. The van der Waals surface area contributed by atoms with Crippen LogP contribution in [0.25, 0.3) is 5.65 Å². The van der Waals surface area contributed by atoms with Crippen molar-refractivity contribution in [3.8, 4) is 6.01 Å². The SMILES string of the molecule is CC[C@@H](C)NC(=O)COc1nnc2ccccn12. The minimum absolute atomic E-state index is 0.0555. The third kappa shape index (κ3) is 2.77. The molecule has 1 amide bonds. The molecule has 0 bridgehead atoms. The summed E-state index contributed by atoms with van der Waals surface area (Å²) in [6.07, 6.45) is 2.68. The van der Waals surface area contributed by atoms with Crippen LogP contribution in [0.3, 0.4) is 0 Å². The summed E-state index contributed by atoms with van der Waals surface area (Å²) in [6.45, 7) is 3.90. The second kappa shape index (κ2) is 5.48. The van der Waals surface area contributed by atoms with Gasteiger partial charge in [0, 0.05) is 12.2 Å². The summed E-state index contributed by atoms with van der Waals surface area (Å²) < 4.78 is 7.03. The third-order valence-electron chi connectivity index (χ3n) is 2.63. The van der Waals surface area contributed by atoms with Crippen molar-refractivity contribution < 1.29 is 9.53 Å². The molecule has 96 valence electrons. The zero-order chi connectivity index (χ0) is 13.0. The molecule has 2 aromatic rings. The first kappa shape index (κ1) is 12.3. The minimum Gasteiger partial charge on any atom is -0.453 e. The normalized spacial score (nSPS) is 12.3. The van der Waals surface area contributed by atoms with Gasteiger partial charge >= 0.3 is 6.01 Å². The van der Waals surface area contributed by atoms with Crippen molar-refractivity contribution >= 4 is 11.6 Å². The largest absolute Gasteiger partial charge is 0.453 e. The molecule has 0 unspecified atom stereocenters. The lowest BCUT2D eigenvalue weighted by atomic mass is 10.2. The molecule has 2 aromatic heterocycles. The van der Waals surface area contributed by atoms with Gasteiger partial charge in [-0.05, 0) is 25.5 Å². The molecule has 0 aromatic carbocycles. The van der Waals surface area contributed by atoms with E-state index in [1.807, 2.05) is 32.0 Å². The fourth-order valence-corrected chi connectivity index (χ4v) is 1.47. The van der Waals surface area contributed by atoms with Crippen LogP contribution in [0.15, 0.2) is 24.4 Å². The summed E-state index contributed by atoms with van der Waals surface area (Å²) in [4.78, 5) is 11.6. The maximum atomic E-state index is 11.6. The molecular weight excluding hydrogens is 232 g/mol. The maximum Gasteiger partial charge on any atom is 0.322 e. The van der Waals surface area contributed by atoms with E-state index in [1.165, 1.54) is 0 Å². The number of nitrogens with zero attached hydrogens (tertiary/aromatic N) is 3. The van der Waals surface area contributed by atoms with Crippen LogP contribution < -0.4 is 10.1 Å². The quantitative estimate of drug-likeness (QED) is 0.857. The Balaban J connectivity index is 1.96. The number of rotatable bonds is 5. The van der Waals surface area contributed by atoms with Crippen molar-refractivity contribution in [2.75, 3.05) is 6.61 Å². The van der Waals surface area contributed by atoms with Crippen LogP contribution in [0.2, 0.25) is 0 Å². The highest BCUT2D eigenvalue weighted by atomic mass is 16.5. The van der Waals surface area contributed by atoms with E-state index in [9.17, 15) is 4.79 Å². The van der Waals surface area contributed by atoms with Gasteiger partial charge in [-0.25, -0.2) is 0 Å². The van der Waals surface area contributed by atoms with Crippen LogP contribution in [-0.2, 0) is 4.79 Å². The molecule has 18 heavy (non-hydrogen) atoms. The van der Waals surface area contributed by atoms with Crippen LogP contribution in [0, 0.1) is 0 Å². The molecular formula is C12H16N4O2. The van der Waals surface area contributed by atoms with E-state index in [4.69, 9.17) is 4.74 Å². The van der Waals surface area contributed by atoms with E-state index in [0.29, 0.717) is 11.7 Å². The average Bonchev–Trinajstić information content (AvgIpc) is 2.79. The molecule has 6 nitrogen and oxygen atoms in total. The number of carbonyl (C=O) groups is 1. The van der Waals surface area contributed by atoms with Gasteiger partial charge < -0.3 is 10.1 Å². The van der Waals surface area contributed by atoms with E-state index in [1.54, 1.807) is 10.6 Å². The molecule has 0 aliphatic carbocycles. The summed E-state index contributed by atoms with van der Waals surface area (Å²) in [7, 11) is 0. The molecule has 6 heteroatoms. The molecule has 0 spiro atoms. The zero-order valence-corrected chi connectivity index (χ0v) is 10.5. The molecule has 1 N–H and O–H groups in total. The van der Waals surface area contributed by atoms with Crippen molar-refractivity contribution in [2.45, 2.75) is 26.3 Å². The molecule has 0 aliphatic heterocycles. The molecule has 0 saturated heterocycles. The lowest BCUT2D eigenvalue weighted by molar-refractivity contribution is -0.123. The second-order valence-corrected chi connectivity index (χ2v) is 4.08. The number of fused-ring (bicyclic) bond motifs is 1. The molecule has 0 aliphatic rings. The molecule has 2 rings (SSSR count). The van der Waals surface area contributed by atoms with Gasteiger partial charge in [0.25, 0.3) is 5.91 Å². The Morgan fingerprint density at radius 3 is 3.11 bits per heavy atom. The summed E-state index contributed by atoms with van der Waals surface area (Å²) in [5.74, 6) is -0.156. The number of amides is 1. The summed E-state index contributed by atoms with van der Waals surface area (Å²) >= 11 is 0. The van der Waals surface area contributed by atoms with Gasteiger partial charge in [-0.1, -0.05) is 18.1 Å². The van der Waals surface area contributed by atoms with Crippen molar-refractivity contribution in [1.82, 2.24) is 19.9 Å². The van der Waals surface area contributed by atoms with E-state index >= 15 is 0 Å². The van der Waals surface area contributed by atoms with Gasteiger partial charge in [0.15, 0.2) is 12.3 Å². The first-order chi connectivity index (χ1) is 8.70. The monoisotopic (exact) mass is 248 g/mol. The lowest BCUT2D eigenvalue weighted by Gasteiger charge is -2.11. The predicted octanol–water partition coefficient (Wildman–Crippen LogP) is 1.02. The minimum atomic E-state index is -0.156. The predicted molar refractivity (Wildman–Crippen MR) is 66.4 cm³/mol. The van der Waals surface area contributed by atoms with Gasteiger partial charge in [0.2, 0.25) is 0 Å². The topological polar surface area (TPSA) is 68.5 Å². The molecule has 0 saturated carbocycles. The van der Waals surface area contributed by atoms with E-state index in [0.717, 1.165) is 6.42 Å². The Morgan fingerprint density at radius 2 is 2.33 bits per heavy atom. The summed E-state index contributed by atoms with van der Waals surface area (Å²) in [5, 5.41) is 10.6. The number of carbonyl (C=O) groups excluding carboxylic acids is 1. The maximum absolute atomic E-state index is 11.6. The van der Waals surface area contributed by atoms with Gasteiger partial charge in [-0.2, -0.15) is 0 Å². The first-order valence-corrected chi connectivity index (χ1v) is 5.92. The Bertz CT molecular complexity index is 538. The summed E-state index contributed by atoms with van der Waals surface area (Å²) in [5.41, 5.74) is 0.690. The van der Waals surface area contributed by atoms with Crippen molar-refractivity contribution in [1.29, 1.82) is 0 Å². The van der Waals surface area contributed by atoms with Gasteiger partial charge in [-0.3, -0.25) is 9.20 Å². The highest BCUT2D eigenvalue weighted by Gasteiger charge is 2.09. The van der Waals surface area contributed by atoms with Gasteiger partial charge in [0.05, 0.1) is 0 Å². The van der Waals surface area contributed by atoms with Crippen LogP contribution in [-0.4, -0.2) is 33.2 Å². The number of ether oxygens (including phenoxy) is 1. The van der Waals surface area contributed by atoms with Gasteiger partial charge in [0.1, 0.15) is 0 Å². The Labute approximate surface area is 105 Å². The first-order valence-electron chi connectivity index (χ1n) is 5.92.